The summed E-state index contributed by atoms with van der Waals surface area (Å²) in [6.07, 6.45) is 8.91. The summed E-state index contributed by atoms with van der Waals surface area (Å²) < 4.78 is 13.8. The lowest BCUT2D eigenvalue weighted by atomic mass is 9.99. The zero-order chi connectivity index (χ0) is 15.2. The van der Waals surface area contributed by atoms with E-state index in [0.717, 1.165) is 36.4 Å². The van der Waals surface area contributed by atoms with Gasteiger partial charge in [0.15, 0.2) is 0 Å². The molecule has 2 rings (SSSR count). The molecule has 0 unspecified atom stereocenters. The molecule has 1 aliphatic carbocycles. The highest BCUT2D eigenvalue weighted by Crippen LogP contribution is 2.37. The molecule has 2 heteroatoms. The van der Waals surface area contributed by atoms with Gasteiger partial charge in [0.2, 0.25) is 0 Å². The first-order valence-electron chi connectivity index (χ1n) is 7.94. The zero-order valence-corrected chi connectivity index (χ0v) is 13.2. The molecule has 21 heavy (non-hydrogen) atoms. The van der Waals surface area contributed by atoms with E-state index < -0.39 is 0 Å². The fraction of sp³-hybridized carbons (Fsp3) is 0.474. The molecule has 0 heterocycles. The van der Waals surface area contributed by atoms with Crippen LogP contribution in [0.4, 0.5) is 4.39 Å². The van der Waals surface area contributed by atoms with Gasteiger partial charge in [0, 0.05) is 12.6 Å². The Morgan fingerprint density at radius 1 is 1.48 bits per heavy atom. The molecule has 0 bridgehead atoms. The van der Waals surface area contributed by atoms with Crippen molar-refractivity contribution >= 4 is 0 Å². The number of hydrogen-bond acceptors (Lipinski definition) is 1. The van der Waals surface area contributed by atoms with E-state index in [1.54, 1.807) is 13.0 Å². The van der Waals surface area contributed by atoms with Crippen LogP contribution in [0.2, 0.25) is 0 Å². The number of halogens is 1. The molecule has 1 aliphatic rings. The van der Waals surface area contributed by atoms with Crippen LogP contribution in [0.5, 0.6) is 0 Å². The van der Waals surface area contributed by atoms with Gasteiger partial charge in [-0.25, -0.2) is 4.39 Å². The van der Waals surface area contributed by atoms with Gasteiger partial charge in [0.25, 0.3) is 0 Å². The molecule has 1 aromatic rings. The number of nitrogens with one attached hydrogen (secondary N) is 1. The van der Waals surface area contributed by atoms with Crippen molar-refractivity contribution in [3.63, 3.8) is 0 Å². The first kappa shape index (κ1) is 16.0. The summed E-state index contributed by atoms with van der Waals surface area (Å²) in [7, 11) is 0. The fourth-order valence-electron chi connectivity index (χ4n) is 2.45. The van der Waals surface area contributed by atoms with E-state index in [1.807, 2.05) is 12.1 Å². The van der Waals surface area contributed by atoms with Crippen LogP contribution in [0.25, 0.3) is 0 Å². The molecule has 1 fully saturated rings. The van der Waals surface area contributed by atoms with E-state index in [1.165, 1.54) is 12.8 Å². The zero-order valence-electron chi connectivity index (χ0n) is 13.2. The van der Waals surface area contributed by atoms with Crippen molar-refractivity contribution in [2.45, 2.75) is 45.6 Å². The monoisotopic (exact) mass is 287 g/mol. The summed E-state index contributed by atoms with van der Waals surface area (Å²) in [6, 6.07) is 5.82. The Balaban J connectivity index is 2.01. The van der Waals surface area contributed by atoms with Crippen LogP contribution < -0.4 is 5.32 Å². The molecule has 114 valence electrons. The standard InChI is InChI=1S/C19H26FN/c1-4-5-6-14(2)13-21-19(11-16-8-9-16)17-10-7-15(3)18(20)12-17/h5-7,10,12,16,19,21H,2,4,8-9,11,13H2,1,3H3/b6-5-/t19-/m0/s1. The first-order chi connectivity index (χ1) is 10.1. The molecule has 1 saturated carbocycles. The number of allylic oxidation sites excluding steroid dienone is 1. The van der Waals surface area contributed by atoms with Gasteiger partial charge in [0.05, 0.1) is 0 Å². The third-order valence-corrected chi connectivity index (χ3v) is 4.03. The summed E-state index contributed by atoms with van der Waals surface area (Å²) in [5.41, 5.74) is 2.83. The largest absolute Gasteiger partial charge is 0.306 e. The summed E-state index contributed by atoms with van der Waals surface area (Å²) >= 11 is 0. The van der Waals surface area contributed by atoms with Gasteiger partial charge in [-0.1, -0.05) is 50.6 Å². The molecule has 1 N–H and O–H groups in total. The second kappa shape index (κ2) is 7.56. The highest BCUT2D eigenvalue weighted by atomic mass is 19.1. The van der Waals surface area contributed by atoms with Gasteiger partial charge >= 0.3 is 0 Å². The Labute approximate surface area is 128 Å². The summed E-state index contributed by atoms with van der Waals surface area (Å²) in [5, 5.41) is 3.55. The van der Waals surface area contributed by atoms with Crippen LogP contribution in [0.3, 0.4) is 0 Å². The third-order valence-electron chi connectivity index (χ3n) is 4.03. The molecule has 0 aliphatic heterocycles. The van der Waals surface area contributed by atoms with Crippen molar-refractivity contribution in [2.75, 3.05) is 6.54 Å². The minimum atomic E-state index is -0.111. The van der Waals surface area contributed by atoms with Crippen molar-refractivity contribution in [1.82, 2.24) is 5.32 Å². The van der Waals surface area contributed by atoms with Gasteiger partial charge < -0.3 is 5.32 Å². The van der Waals surface area contributed by atoms with Gasteiger partial charge in [-0.15, -0.1) is 0 Å². The normalized spacial score (nSPS) is 16.3. The number of hydrogen-bond donors (Lipinski definition) is 1. The van der Waals surface area contributed by atoms with E-state index >= 15 is 0 Å². The Kier molecular flexibility index (Phi) is 5.75. The van der Waals surface area contributed by atoms with Crippen molar-refractivity contribution in [2.24, 2.45) is 5.92 Å². The predicted molar refractivity (Wildman–Crippen MR) is 87.8 cm³/mol. The maximum Gasteiger partial charge on any atom is 0.126 e. The third kappa shape index (κ3) is 5.13. The summed E-state index contributed by atoms with van der Waals surface area (Å²) in [5.74, 6) is 0.686. The molecule has 0 aromatic heterocycles. The SMILES string of the molecule is C=C(/C=C\CC)CN[C@@H](CC1CC1)c1ccc(C)c(F)c1. The Morgan fingerprint density at radius 3 is 2.86 bits per heavy atom. The summed E-state index contributed by atoms with van der Waals surface area (Å²) in [6.45, 7) is 8.73. The molecule has 1 atom stereocenters. The van der Waals surface area contributed by atoms with Crippen molar-refractivity contribution in [3.05, 3.63) is 59.4 Å². The van der Waals surface area contributed by atoms with Crippen molar-refractivity contribution in [3.8, 4) is 0 Å². The van der Waals surface area contributed by atoms with Gasteiger partial charge in [0.1, 0.15) is 5.82 Å². The van der Waals surface area contributed by atoms with Gasteiger partial charge in [-0.2, -0.15) is 0 Å². The second-order valence-electron chi connectivity index (χ2n) is 6.09. The second-order valence-corrected chi connectivity index (χ2v) is 6.09. The quantitative estimate of drug-likeness (QED) is 0.657. The molecule has 0 saturated heterocycles. The highest BCUT2D eigenvalue weighted by Gasteiger charge is 2.26. The lowest BCUT2D eigenvalue weighted by Crippen LogP contribution is -2.24. The van der Waals surface area contributed by atoms with E-state index in [0.29, 0.717) is 5.56 Å². The molecular weight excluding hydrogens is 261 g/mol. The average Bonchev–Trinajstić information content (AvgIpc) is 3.28. The minimum Gasteiger partial charge on any atom is -0.306 e. The lowest BCUT2D eigenvalue weighted by molar-refractivity contribution is 0.489. The maximum atomic E-state index is 13.8. The van der Waals surface area contributed by atoms with Crippen LogP contribution in [-0.4, -0.2) is 6.54 Å². The van der Waals surface area contributed by atoms with Crippen LogP contribution in [0.15, 0.2) is 42.5 Å². The highest BCUT2D eigenvalue weighted by molar-refractivity contribution is 5.26. The molecule has 1 aromatic carbocycles. The Bertz CT molecular complexity index is 514. The van der Waals surface area contributed by atoms with Crippen LogP contribution >= 0.6 is 0 Å². The van der Waals surface area contributed by atoms with Crippen molar-refractivity contribution in [1.29, 1.82) is 0 Å². The Hall–Kier alpha value is -1.41. The van der Waals surface area contributed by atoms with E-state index in [9.17, 15) is 4.39 Å². The smallest absolute Gasteiger partial charge is 0.126 e. The van der Waals surface area contributed by atoms with Crippen molar-refractivity contribution < 1.29 is 4.39 Å². The molecule has 0 radical (unpaired) electrons. The minimum absolute atomic E-state index is 0.111. The molecule has 1 nitrogen and oxygen atoms in total. The predicted octanol–water partition coefficient (Wildman–Crippen LogP) is 5.09. The van der Waals surface area contributed by atoms with Crippen LogP contribution in [-0.2, 0) is 0 Å². The van der Waals surface area contributed by atoms with E-state index in [4.69, 9.17) is 0 Å². The maximum absolute atomic E-state index is 13.8. The Morgan fingerprint density at radius 2 is 2.24 bits per heavy atom. The van der Waals surface area contributed by atoms with Gasteiger partial charge in [-0.05, 0) is 48.4 Å². The van der Waals surface area contributed by atoms with Crippen LogP contribution in [0, 0.1) is 18.7 Å². The fourth-order valence-corrected chi connectivity index (χ4v) is 2.45. The molecule has 0 amide bonds. The topological polar surface area (TPSA) is 12.0 Å². The lowest BCUT2D eigenvalue weighted by Gasteiger charge is -2.20. The van der Waals surface area contributed by atoms with E-state index in [-0.39, 0.29) is 11.9 Å². The van der Waals surface area contributed by atoms with E-state index in [2.05, 4.69) is 31.0 Å². The van der Waals surface area contributed by atoms with Gasteiger partial charge in [-0.3, -0.25) is 0 Å². The number of rotatable bonds is 8. The number of aryl methyl sites for hydroxylation is 1. The van der Waals surface area contributed by atoms with Crippen LogP contribution in [0.1, 0.15) is 49.8 Å². The first-order valence-corrected chi connectivity index (χ1v) is 7.94. The average molecular weight is 287 g/mol. The molecular formula is C19H26FN. The number of benzene rings is 1. The summed E-state index contributed by atoms with van der Waals surface area (Å²) in [4.78, 5) is 0. The molecule has 0 spiro atoms.